The molecule has 25 heavy (non-hydrogen) atoms. The van der Waals surface area contributed by atoms with E-state index < -0.39 is 17.8 Å². The molecule has 0 saturated carbocycles. The lowest BCUT2D eigenvalue weighted by atomic mass is 10.1. The number of aryl methyl sites for hydroxylation is 2. The summed E-state index contributed by atoms with van der Waals surface area (Å²) in [7, 11) is 0. The number of rotatable bonds is 4. The second kappa shape index (κ2) is 8.10. The van der Waals surface area contributed by atoms with Gasteiger partial charge in [-0.15, -0.1) is 0 Å². The highest BCUT2D eigenvalue weighted by molar-refractivity contribution is 6.43. The molecule has 2 amide bonds. The number of carbonyl (C=O) groups is 3. The third-order valence-corrected chi connectivity index (χ3v) is 3.34. The molecule has 0 aliphatic rings. The van der Waals surface area contributed by atoms with Crippen LogP contribution in [0.3, 0.4) is 0 Å². The van der Waals surface area contributed by atoms with E-state index in [2.05, 4.69) is 10.6 Å². The molecule has 0 aromatic heterocycles. The van der Waals surface area contributed by atoms with E-state index in [0.29, 0.717) is 16.9 Å². The molecular weight excluding hydrogens is 320 g/mol. The van der Waals surface area contributed by atoms with Crippen molar-refractivity contribution in [1.82, 2.24) is 0 Å². The Morgan fingerprint density at radius 1 is 0.840 bits per heavy atom. The van der Waals surface area contributed by atoms with Crippen LogP contribution in [0.4, 0.5) is 11.4 Å². The van der Waals surface area contributed by atoms with Crippen molar-refractivity contribution in [1.29, 1.82) is 0 Å². The van der Waals surface area contributed by atoms with Crippen LogP contribution in [0.1, 0.15) is 28.4 Å². The van der Waals surface area contributed by atoms with Gasteiger partial charge in [0.25, 0.3) is 0 Å². The van der Waals surface area contributed by atoms with Crippen LogP contribution in [0, 0.1) is 13.8 Å². The fourth-order valence-electron chi connectivity index (χ4n) is 2.33. The maximum absolute atomic E-state index is 12.0. The summed E-state index contributed by atoms with van der Waals surface area (Å²) in [5.41, 5.74) is 3.33. The van der Waals surface area contributed by atoms with Crippen LogP contribution < -0.4 is 10.6 Å². The Kier molecular flexibility index (Phi) is 5.89. The number of anilines is 2. The van der Waals surface area contributed by atoms with Gasteiger partial charge in [-0.25, -0.2) is 4.79 Å². The predicted molar refractivity (Wildman–Crippen MR) is 95.6 cm³/mol. The summed E-state index contributed by atoms with van der Waals surface area (Å²) in [5, 5.41) is 5.05. The van der Waals surface area contributed by atoms with Gasteiger partial charge >= 0.3 is 17.8 Å². The van der Waals surface area contributed by atoms with E-state index in [4.69, 9.17) is 4.74 Å². The molecule has 0 spiro atoms. The molecule has 0 bridgehead atoms. The summed E-state index contributed by atoms with van der Waals surface area (Å²) in [6, 6.07) is 11.7. The normalized spacial score (nSPS) is 10.0. The fraction of sp³-hybridized carbons (Fsp3) is 0.211. The second-order valence-corrected chi connectivity index (χ2v) is 5.58. The highest BCUT2D eigenvalue weighted by Gasteiger charge is 2.15. The molecule has 0 saturated heterocycles. The van der Waals surface area contributed by atoms with Crippen LogP contribution in [-0.4, -0.2) is 24.4 Å². The Morgan fingerprint density at radius 3 is 1.88 bits per heavy atom. The molecule has 2 aromatic carbocycles. The van der Waals surface area contributed by atoms with Gasteiger partial charge in [0.1, 0.15) is 0 Å². The lowest BCUT2D eigenvalue weighted by molar-refractivity contribution is -0.132. The van der Waals surface area contributed by atoms with Crippen molar-refractivity contribution in [2.75, 3.05) is 17.2 Å². The predicted octanol–water partition coefficient (Wildman–Crippen LogP) is 3.06. The first kappa shape index (κ1) is 18.2. The Bertz CT molecular complexity index is 777. The van der Waals surface area contributed by atoms with E-state index in [1.54, 1.807) is 19.1 Å². The Morgan fingerprint density at radius 2 is 1.36 bits per heavy atom. The van der Waals surface area contributed by atoms with Gasteiger partial charge in [0.05, 0.1) is 12.2 Å². The number of esters is 1. The SMILES string of the molecule is CCOC(=O)c1ccc(NC(=O)C(=O)Nc2cc(C)cc(C)c2)cc1. The van der Waals surface area contributed by atoms with E-state index >= 15 is 0 Å². The van der Waals surface area contributed by atoms with Crippen molar-refractivity contribution in [3.05, 3.63) is 59.2 Å². The quantitative estimate of drug-likeness (QED) is 0.662. The molecular formula is C19H20N2O4. The maximum Gasteiger partial charge on any atom is 0.338 e. The Labute approximate surface area is 146 Å². The van der Waals surface area contributed by atoms with Gasteiger partial charge in [-0.05, 0) is 68.3 Å². The zero-order chi connectivity index (χ0) is 18.4. The van der Waals surface area contributed by atoms with Crippen molar-refractivity contribution in [2.24, 2.45) is 0 Å². The molecule has 6 nitrogen and oxygen atoms in total. The minimum Gasteiger partial charge on any atom is -0.462 e. The summed E-state index contributed by atoms with van der Waals surface area (Å²) >= 11 is 0. The highest BCUT2D eigenvalue weighted by atomic mass is 16.5. The van der Waals surface area contributed by atoms with E-state index in [1.165, 1.54) is 24.3 Å². The van der Waals surface area contributed by atoms with Crippen molar-refractivity contribution < 1.29 is 19.1 Å². The van der Waals surface area contributed by atoms with Gasteiger partial charge < -0.3 is 15.4 Å². The molecule has 0 atom stereocenters. The minimum absolute atomic E-state index is 0.288. The average molecular weight is 340 g/mol. The molecule has 2 N–H and O–H groups in total. The number of ether oxygens (including phenoxy) is 1. The molecule has 0 aliphatic carbocycles. The summed E-state index contributed by atoms with van der Waals surface area (Å²) < 4.78 is 4.88. The van der Waals surface area contributed by atoms with Crippen LogP contribution in [-0.2, 0) is 14.3 Å². The molecule has 6 heteroatoms. The molecule has 2 aromatic rings. The average Bonchev–Trinajstić information content (AvgIpc) is 2.54. The zero-order valence-electron chi connectivity index (χ0n) is 14.4. The third kappa shape index (κ3) is 5.17. The summed E-state index contributed by atoms with van der Waals surface area (Å²) in [5.74, 6) is -1.99. The van der Waals surface area contributed by atoms with E-state index in [-0.39, 0.29) is 6.61 Å². The van der Waals surface area contributed by atoms with Crippen LogP contribution >= 0.6 is 0 Å². The number of nitrogens with one attached hydrogen (secondary N) is 2. The number of amides is 2. The first-order valence-electron chi connectivity index (χ1n) is 7.87. The van der Waals surface area contributed by atoms with Crippen LogP contribution in [0.15, 0.2) is 42.5 Å². The number of hydrogen-bond donors (Lipinski definition) is 2. The van der Waals surface area contributed by atoms with Gasteiger partial charge in [0, 0.05) is 11.4 Å². The Hall–Kier alpha value is -3.15. The van der Waals surface area contributed by atoms with Gasteiger partial charge in [0.15, 0.2) is 0 Å². The number of hydrogen-bond acceptors (Lipinski definition) is 4. The van der Waals surface area contributed by atoms with E-state index in [1.807, 2.05) is 19.9 Å². The number of benzene rings is 2. The summed E-state index contributed by atoms with van der Waals surface area (Å²) in [4.78, 5) is 35.6. The highest BCUT2D eigenvalue weighted by Crippen LogP contribution is 2.14. The minimum atomic E-state index is -0.789. The fourth-order valence-corrected chi connectivity index (χ4v) is 2.33. The van der Waals surface area contributed by atoms with E-state index in [9.17, 15) is 14.4 Å². The van der Waals surface area contributed by atoms with Crippen molar-refractivity contribution >= 4 is 29.2 Å². The first-order chi connectivity index (χ1) is 11.9. The first-order valence-corrected chi connectivity index (χ1v) is 7.87. The largest absolute Gasteiger partial charge is 0.462 e. The molecule has 2 rings (SSSR count). The van der Waals surface area contributed by atoms with Crippen LogP contribution in [0.2, 0.25) is 0 Å². The topological polar surface area (TPSA) is 84.5 Å². The summed E-state index contributed by atoms with van der Waals surface area (Å²) in [6.45, 7) is 5.83. The monoisotopic (exact) mass is 340 g/mol. The van der Waals surface area contributed by atoms with E-state index in [0.717, 1.165) is 11.1 Å². The number of carbonyl (C=O) groups excluding carboxylic acids is 3. The van der Waals surface area contributed by atoms with Gasteiger partial charge in [0.2, 0.25) is 0 Å². The lowest BCUT2D eigenvalue weighted by Gasteiger charge is -2.09. The van der Waals surface area contributed by atoms with Crippen molar-refractivity contribution in [3.63, 3.8) is 0 Å². The van der Waals surface area contributed by atoms with Crippen LogP contribution in [0.5, 0.6) is 0 Å². The zero-order valence-corrected chi connectivity index (χ0v) is 14.4. The van der Waals surface area contributed by atoms with Gasteiger partial charge in [-0.3, -0.25) is 9.59 Å². The Balaban J connectivity index is 1.98. The molecule has 0 aliphatic heterocycles. The molecule has 0 heterocycles. The molecule has 0 radical (unpaired) electrons. The molecule has 0 unspecified atom stereocenters. The third-order valence-electron chi connectivity index (χ3n) is 3.34. The lowest BCUT2D eigenvalue weighted by Crippen LogP contribution is -2.29. The van der Waals surface area contributed by atoms with Gasteiger partial charge in [-0.1, -0.05) is 6.07 Å². The van der Waals surface area contributed by atoms with Gasteiger partial charge in [-0.2, -0.15) is 0 Å². The smallest absolute Gasteiger partial charge is 0.338 e. The standard InChI is InChI=1S/C19H20N2O4/c1-4-25-19(24)14-5-7-15(8-6-14)20-17(22)18(23)21-16-10-12(2)9-13(3)11-16/h5-11H,4H2,1-3H3,(H,20,22)(H,21,23). The van der Waals surface area contributed by atoms with Crippen molar-refractivity contribution in [2.45, 2.75) is 20.8 Å². The second-order valence-electron chi connectivity index (χ2n) is 5.58. The van der Waals surface area contributed by atoms with Crippen LogP contribution in [0.25, 0.3) is 0 Å². The maximum atomic E-state index is 12.0. The summed E-state index contributed by atoms with van der Waals surface area (Å²) in [6.07, 6.45) is 0. The molecule has 130 valence electrons. The molecule has 0 fully saturated rings. The van der Waals surface area contributed by atoms with Crippen molar-refractivity contribution in [3.8, 4) is 0 Å².